The van der Waals surface area contributed by atoms with E-state index in [0.29, 0.717) is 0 Å². The first-order valence-electron chi connectivity index (χ1n) is 3.27. The SMILES string of the molecule is CC[Si](C)(CC)N=C=S. The molecule has 0 bridgehead atoms. The predicted molar refractivity (Wildman–Crippen MR) is 47.6 cm³/mol. The van der Waals surface area contributed by atoms with Crippen LogP contribution in [-0.2, 0) is 0 Å². The number of thiocarbonyl (C=S) groups is 1. The minimum absolute atomic E-state index is 1.17. The summed E-state index contributed by atoms with van der Waals surface area (Å²) in [6, 6.07) is 2.35. The number of rotatable bonds is 3. The van der Waals surface area contributed by atoms with E-state index in [1.165, 1.54) is 12.1 Å². The minimum Gasteiger partial charge on any atom is -0.273 e. The molecule has 0 aliphatic carbocycles. The average Bonchev–Trinajstić information content (AvgIpc) is 1.89. The van der Waals surface area contributed by atoms with Gasteiger partial charge in [0.1, 0.15) is 0 Å². The van der Waals surface area contributed by atoms with Crippen LogP contribution in [0, 0.1) is 0 Å². The smallest absolute Gasteiger partial charge is 0.191 e. The van der Waals surface area contributed by atoms with E-state index in [1.54, 1.807) is 0 Å². The number of isothiocyanates is 1. The van der Waals surface area contributed by atoms with Crippen LogP contribution in [0.2, 0.25) is 18.6 Å². The molecule has 52 valence electrons. The molecule has 1 nitrogen and oxygen atoms in total. The van der Waals surface area contributed by atoms with E-state index >= 15 is 0 Å². The maximum atomic E-state index is 4.55. The van der Waals surface area contributed by atoms with E-state index < -0.39 is 8.24 Å². The molecule has 0 amide bonds. The Morgan fingerprint density at radius 2 is 1.89 bits per heavy atom. The predicted octanol–water partition coefficient (Wildman–Crippen LogP) is 2.70. The van der Waals surface area contributed by atoms with E-state index in [1.807, 2.05) is 0 Å². The van der Waals surface area contributed by atoms with Crippen molar-refractivity contribution in [3.63, 3.8) is 0 Å². The average molecular weight is 159 g/mol. The molecule has 0 N–H and O–H groups in total. The molecule has 0 heterocycles. The monoisotopic (exact) mass is 159 g/mol. The third-order valence-electron chi connectivity index (χ3n) is 1.84. The van der Waals surface area contributed by atoms with Gasteiger partial charge in [0.25, 0.3) is 0 Å². The Kier molecular flexibility index (Phi) is 3.94. The summed E-state index contributed by atoms with van der Waals surface area (Å²) in [5.74, 6) is 0. The molecule has 0 rings (SSSR count). The third-order valence-corrected chi connectivity index (χ3v) is 5.79. The minimum atomic E-state index is -1.29. The Morgan fingerprint density at radius 3 is 2.00 bits per heavy atom. The third kappa shape index (κ3) is 2.89. The first-order chi connectivity index (χ1) is 4.18. The van der Waals surface area contributed by atoms with Crippen molar-refractivity contribution >= 4 is 25.6 Å². The van der Waals surface area contributed by atoms with Crippen LogP contribution in [0.5, 0.6) is 0 Å². The summed E-state index contributed by atoms with van der Waals surface area (Å²) in [7, 11) is -1.29. The van der Waals surface area contributed by atoms with E-state index in [2.05, 4.69) is 42.4 Å². The molecule has 0 saturated carbocycles. The van der Waals surface area contributed by atoms with Crippen LogP contribution < -0.4 is 0 Å². The molecule has 0 aliphatic rings. The maximum Gasteiger partial charge on any atom is 0.191 e. The molecule has 0 aromatic rings. The van der Waals surface area contributed by atoms with Gasteiger partial charge in [-0.3, -0.25) is 4.66 Å². The van der Waals surface area contributed by atoms with Crippen molar-refractivity contribution in [3.05, 3.63) is 0 Å². The van der Waals surface area contributed by atoms with E-state index in [4.69, 9.17) is 0 Å². The number of hydrogen-bond donors (Lipinski definition) is 0. The van der Waals surface area contributed by atoms with Crippen molar-refractivity contribution in [2.45, 2.75) is 32.5 Å². The maximum absolute atomic E-state index is 4.55. The Balaban J connectivity index is 4.08. The van der Waals surface area contributed by atoms with Crippen LogP contribution in [0.15, 0.2) is 4.66 Å². The van der Waals surface area contributed by atoms with Gasteiger partial charge in [0.15, 0.2) is 8.24 Å². The van der Waals surface area contributed by atoms with Gasteiger partial charge in [-0.05, 0) is 30.9 Å². The highest BCUT2D eigenvalue weighted by Crippen LogP contribution is 2.14. The lowest BCUT2D eigenvalue weighted by atomic mass is 10.9. The highest BCUT2D eigenvalue weighted by Gasteiger charge is 2.20. The van der Waals surface area contributed by atoms with Gasteiger partial charge in [0, 0.05) is 5.16 Å². The summed E-state index contributed by atoms with van der Waals surface area (Å²) in [6.45, 7) is 6.57. The lowest BCUT2D eigenvalue weighted by Crippen LogP contribution is -2.24. The molecule has 0 aliphatic heterocycles. The van der Waals surface area contributed by atoms with Gasteiger partial charge in [-0.1, -0.05) is 13.8 Å². The highest BCUT2D eigenvalue weighted by atomic mass is 32.1. The molecule has 0 saturated heterocycles. The second-order valence-corrected chi connectivity index (χ2v) is 7.22. The fourth-order valence-electron chi connectivity index (χ4n) is 0.518. The molecule has 0 aromatic heterocycles. The summed E-state index contributed by atoms with van der Waals surface area (Å²) in [5, 5.41) is 2.48. The van der Waals surface area contributed by atoms with Gasteiger partial charge in [0.05, 0.1) is 0 Å². The van der Waals surface area contributed by atoms with Crippen LogP contribution in [0.4, 0.5) is 0 Å². The molecule has 0 radical (unpaired) electrons. The summed E-state index contributed by atoms with van der Waals surface area (Å²) in [4.78, 5) is 0. The Hall–Kier alpha value is 0.0169. The lowest BCUT2D eigenvalue weighted by molar-refractivity contribution is 1.23. The summed E-state index contributed by atoms with van der Waals surface area (Å²) in [5.41, 5.74) is 0. The normalized spacial score (nSPS) is 10.6. The zero-order valence-electron chi connectivity index (χ0n) is 6.27. The summed E-state index contributed by atoms with van der Waals surface area (Å²) < 4.78 is 4.20. The zero-order valence-corrected chi connectivity index (χ0v) is 8.09. The topological polar surface area (TPSA) is 12.4 Å². The second kappa shape index (κ2) is 3.93. The van der Waals surface area contributed by atoms with Crippen LogP contribution in [0.3, 0.4) is 0 Å². The van der Waals surface area contributed by atoms with Gasteiger partial charge in [-0.2, -0.15) is 0 Å². The Morgan fingerprint density at radius 1 is 1.44 bits per heavy atom. The van der Waals surface area contributed by atoms with Crippen molar-refractivity contribution < 1.29 is 0 Å². The van der Waals surface area contributed by atoms with Crippen LogP contribution in [-0.4, -0.2) is 13.4 Å². The van der Waals surface area contributed by atoms with Gasteiger partial charge < -0.3 is 0 Å². The second-order valence-electron chi connectivity index (χ2n) is 2.41. The van der Waals surface area contributed by atoms with Crippen molar-refractivity contribution in [1.29, 1.82) is 0 Å². The fraction of sp³-hybridized carbons (Fsp3) is 0.833. The molecule has 0 aromatic carbocycles. The Labute approximate surface area is 63.3 Å². The van der Waals surface area contributed by atoms with Gasteiger partial charge in [-0.25, -0.2) is 0 Å². The van der Waals surface area contributed by atoms with E-state index in [9.17, 15) is 0 Å². The first kappa shape index (κ1) is 9.02. The number of nitrogens with zero attached hydrogens (tertiary/aromatic N) is 1. The van der Waals surface area contributed by atoms with E-state index in [0.717, 1.165) is 0 Å². The van der Waals surface area contributed by atoms with Crippen molar-refractivity contribution in [1.82, 2.24) is 0 Å². The highest BCUT2D eigenvalue weighted by molar-refractivity contribution is 7.78. The fourth-order valence-corrected chi connectivity index (χ4v) is 2.22. The van der Waals surface area contributed by atoms with Crippen molar-refractivity contribution in [2.24, 2.45) is 4.66 Å². The van der Waals surface area contributed by atoms with Gasteiger partial charge >= 0.3 is 0 Å². The van der Waals surface area contributed by atoms with E-state index in [-0.39, 0.29) is 0 Å². The molecular formula is C6H13NSSi. The van der Waals surface area contributed by atoms with Gasteiger partial charge in [-0.15, -0.1) is 0 Å². The lowest BCUT2D eigenvalue weighted by Gasteiger charge is -2.14. The van der Waals surface area contributed by atoms with Crippen LogP contribution in [0.1, 0.15) is 13.8 Å². The van der Waals surface area contributed by atoms with Crippen LogP contribution in [0.25, 0.3) is 0 Å². The molecule has 9 heavy (non-hydrogen) atoms. The quantitative estimate of drug-likeness (QED) is 0.350. The molecular weight excluding hydrogens is 146 g/mol. The standard InChI is InChI=1S/C6H13NSSi/c1-4-9(3,5-2)7-6-8/h4-5H2,1-3H3. The molecule has 3 heteroatoms. The summed E-state index contributed by atoms with van der Waals surface area (Å²) >= 11 is 4.55. The van der Waals surface area contributed by atoms with Crippen molar-refractivity contribution in [2.75, 3.05) is 0 Å². The first-order valence-corrected chi connectivity index (χ1v) is 6.54. The molecule has 0 atom stereocenters. The largest absolute Gasteiger partial charge is 0.273 e. The molecule has 0 unspecified atom stereocenters. The molecule has 0 spiro atoms. The summed E-state index contributed by atoms with van der Waals surface area (Å²) in [6.07, 6.45) is 0. The molecule has 0 fully saturated rings. The Bertz CT molecular complexity index is 125. The van der Waals surface area contributed by atoms with Crippen LogP contribution >= 0.6 is 12.2 Å². The van der Waals surface area contributed by atoms with Gasteiger partial charge in [0.2, 0.25) is 0 Å². The zero-order chi connectivity index (χ0) is 7.33. The number of hydrogen-bond acceptors (Lipinski definition) is 2. The van der Waals surface area contributed by atoms with Crippen molar-refractivity contribution in [3.8, 4) is 0 Å².